The number of nitrogens with zero attached hydrogens (tertiary/aromatic N) is 3. The van der Waals surface area contributed by atoms with Gasteiger partial charge in [-0.15, -0.1) is 0 Å². The number of benzene rings is 4. The van der Waals surface area contributed by atoms with Crippen molar-refractivity contribution in [1.29, 1.82) is 0 Å². The fourth-order valence-electron chi connectivity index (χ4n) is 6.07. The van der Waals surface area contributed by atoms with Crippen molar-refractivity contribution in [3.05, 3.63) is 131 Å². The summed E-state index contributed by atoms with van der Waals surface area (Å²) < 4.78 is 20.8. The molecule has 0 aliphatic carbocycles. The number of hydrogen-bond donors (Lipinski definition) is 0. The average Bonchev–Trinajstić information content (AvgIpc) is 3.41. The largest absolute Gasteiger partial charge is 0.496 e. The predicted octanol–water partition coefficient (Wildman–Crippen LogP) is 6.62. The van der Waals surface area contributed by atoms with Crippen LogP contribution in [0, 0.1) is 0 Å². The van der Waals surface area contributed by atoms with Crippen LogP contribution >= 0.6 is 27.3 Å². The molecule has 48 heavy (non-hydrogen) atoms. The third-order valence-electron chi connectivity index (χ3n) is 8.52. The van der Waals surface area contributed by atoms with Crippen LogP contribution in [0.3, 0.4) is 0 Å². The first-order valence-corrected chi connectivity index (χ1v) is 17.3. The van der Waals surface area contributed by atoms with Crippen LogP contribution in [-0.4, -0.2) is 42.7 Å². The molecule has 0 spiro atoms. The minimum Gasteiger partial charge on any atom is -0.496 e. The molecule has 0 bridgehead atoms. The highest BCUT2D eigenvalue weighted by molar-refractivity contribution is 9.10. The SMILES string of the molecule is CCN(CC)C(=O)C1=C(C)N=c2s/c(=C/c3ccc(OCc4ccc(Br)cc4)c(OC)c3)c(=O)n2[C@H]1c1c(OC)ccc2ccccc12. The van der Waals surface area contributed by atoms with E-state index in [2.05, 4.69) is 15.9 Å². The zero-order valence-corrected chi connectivity index (χ0v) is 29.9. The van der Waals surface area contributed by atoms with Gasteiger partial charge in [0.1, 0.15) is 18.4 Å². The highest BCUT2D eigenvalue weighted by Gasteiger charge is 2.36. The van der Waals surface area contributed by atoms with E-state index in [0.717, 1.165) is 31.9 Å². The lowest BCUT2D eigenvalue weighted by atomic mass is 9.90. The van der Waals surface area contributed by atoms with Crippen molar-refractivity contribution in [2.45, 2.75) is 33.4 Å². The molecule has 1 aliphatic rings. The van der Waals surface area contributed by atoms with E-state index in [4.69, 9.17) is 19.2 Å². The molecule has 5 aromatic rings. The minimum absolute atomic E-state index is 0.154. The molecule has 4 aromatic carbocycles. The van der Waals surface area contributed by atoms with Crippen LogP contribution in [0.4, 0.5) is 0 Å². The van der Waals surface area contributed by atoms with E-state index >= 15 is 0 Å². The van der Waals surface area contributed by atoms with Crippen LogP contribution in [-0.2, 0) is 11.4 Å². The van der Waals surface area contributed by atoms with Crippen LogP contribution in [0.15, 0.2) is 104 Å². The number of amides is 1. The second-order valence-electron chi connectivity index (χ2n) is 11.3. The van der Waals surface area contributed by atoms with Gasteiger partial charge in [0.05, 0.1) is 30.0 Å². The Hall–Kier alpha value is -4.67. The molecule has 2 heterocycles. The molecule has 0 fully saturated rings. The Morgan fingerprint density at radius 3 is 2.38 bits per heavy atom. The third kappa shape index (κ3) is 6.30. The Labute approximate surface area is 291 Å². The van der Waals surface area contributed by atoms with Gasteiger partial charge in [-0.1, -0.05) is 75.8 Å². The number of thiazole rings is 1. The first kappa shape index (κ1) is 33.2. The van der Waals surface area contributed by atoms with E-state index in [0.29, 0.717) is 57.5 Å². The van der Waals surface area contributed by atoms with Gasteiger partial charge in [-0.25, -0.2) is 4.99 Å². The Balaban J connectivity index is 1.48. The minimum atomic E-state index is -0.749. The standard InChI is InChI=1S/C38H36BrN3O5S/c1-6-41(7-2)37(44)33-23(3)40-38-42(35(33)34-28-11-9-8-10-26(28)15-19-30(34)45-4)36(43)32(48-38)21-25-14-18-29(31(20-25)46-5)47-22-24-12-16-27(39)17-13-24/h8-21,35H,6-7,22H2,1-5H3/b32-21+/t35-/m1/s1. The van der Waals surface area contributed by atoms with Gasteiger partial charge >= 0.3 is 0 Å². The van der Waals surface area contributed by atoms with Gasteiger partial charge in [0.25, 0.3) is 11.5 Å². The number of carbonyl (C=O) groups is 1. The summed E-state index contributed by atoms with van der Waals surface area (Å²) in [4.78, 5) is 35.8. The summed E-state index contributed by atoms with van der Waals surface area (Å²) in [7, 11) is 3.20. The monoisotopic (exact) mass is 725 g/mol. The van der Waals surface area contributed by atoms with E-state index in [1.165, 1.54) is 11.3 Å². The smallest absolute Gasteiger partial charge is 0.271 e. The molecule has 0 saturated heterocycles. The molecule has 1 amide bonds. The molecule has 1 aliphatic heterocycles. The molecule has 6 rings (SSSR count). The summed E-state index contributed by atoms with van der Waals surface area (Å²) in [5, 5.41) is 1.88. The molecular weight excluding hydrogens is 690 g/mol. The van der Waals surface area contributed by atoms with E-state index in [9.17, 15) is 9.59 Å². The Morgan fingerprint density at radius 2 is 1.67 bits per heavy atom. The number of methoxy groups -OCH3 is 2. The van der Waals surface area contributed by atoms with E-state index in [1.54, 1.807) is 23.7 Å². The van der Waals surface area contributed by atoms with Crippen LogP contribution in [0.5, 0.6) is 17.2 Å². The van der Waals surface area contributed by atoms with Gasteiger partial charge in [-0.3, -0.25) is 14.2 Å². The summed E-state index contributed by atoms with van der Waals surface area (Å²) in [6.45, 7) is 7.18. The topological polar surface area (TPSA) is 82.4 Å². The van der Waals surface area contributed by atoms with Crippen molar-refractivity contribution in [1.82, 2.24) is 9.47 Å². The number of halogens is 1. The molecule has 1 atom stereocenters. The van der Waals surface area contributed by atoms with Crippen molar-refractivity contribution in [2.75, 3.05) is 27.3 Å². The molecule has 10 heteroatoms. The highest BCUT2D eigenvalue weighted by Crippen LogP contribution is 2.40. The second kappa shape index (κ2) is 14.2. The van der Waals surface area contributed by atoms with Crippen molar-refractivity contribution < 1.29 is 19.0 Å². The summed E-state index contributed by atoms with van der Waals surface area (Å²) >= 11 is 4.75. The number of carbonyl (C=O) groups excluding carboxylic acids is 1. The number of aromatic nitrogens is 1. The maximum absolute atomic E-state index is 14.5. The number of hydrogen-bond acceptors (Lipinski definition) is 7. The van der Waals surface area contributed by atoms with Gasteiger partial charge in [-0.2, -0.15) is 0 Å². The van der Waals surface area contributed by atoms with Gasteiger partial charge in [-0.05, 0) is 79.1 Å². The highest BCUT2D eigenvalue weighted by atomic mass is 79.9. The lowest BCUT2D eigenvalue weighted by molar-refractivity contribution is -0.127. The molecular formula is C38H36BrN3O5S. The first-order chi connectivity index (χ1) is 23.3. The molecule has 246 valence electrons. The number of ether oxygens (including phenoxy) is 3. The summed E-state index contributed by atoms with van der Waals surface area (Å²) in [5.74, 6) is 1.59. The number of allylic oxidation sites excluding steroid dienone is 1. The fraction of sp³-hybridized carbons (Fsp3) is 0.237. The maximum Gasteiger partial charge on any atom is 0.271 e. The van der Waals surface area contributed by atoms with E-state index in [-0.39, 0.29) is 11.5 Å². The van der Waals surface area contributed by atoms with Gasteiger partial charge in [0, 0.05) is 23.1 Å². The number of likely N-dealkylation sites (N-methyl/N-ethyl adjacent to an activating group) is 1. The lowest BCUT2D eigenvalue weighted by Crippen LogP contribution is -2.43. The Morgan fingerprint density at radius 1 is 0.958 bits per heavy atom. The number of rotatable bonds is 10. The van der Waals surface area contributed by atoms with Gasteiger partial charge in [0.2, 0.25) is 0 Å². The summed E-state index contributed by atoms with van der Waals surface area (Å²) in [6, 6.07) is 24.6. The van der Waals surface area contributed by atoms with Crippen LogP contribution in [0.2, 0.25) is 0 Å². The first-order valence-electron chi connectivity index (χ1n) is 15.7. The zero-order chi connectivity index (χ0) is 33.9. The second-order valence-corrected chi connectivity index (χ2v) is 13.2. The summed E-state index contributed by atoms with van der Waals surface area (Å²) in [5.41, 5.74) is 3.34. The quantitative estimate of drug-likeness (QED) is 0.162. The van der Waals surface area contributed by atoms with Gasteiger partial charge in [0.15, 0.2) is 16.3 Å². The van der Waals surface area contributed by atoms with Gasteiger partial charge < -0.3 is 19.1 Å². The molecule has 0 radical (unpaired) electrons. The molecule has 0 N–H and O–H groups in total. The van der Waals surface area contributed by atoms with Crippen LogP contribution in [0.1, 0.15) is 43.5 Å². The number of fused-ring (bicyclic) bond motifs is 2. The molecule has 0 unspecified atom stereocenters. The summed E-state index contributed by atoms with van der Waals surface area (Å²) in [6.07, 6.45) is 1.83. The molecule has 0 saturated carbocycles. The normalized spacial score (nSPS) is 14.5. The van der Waals surface area contributed by atoms with Crippen LogP contribution < -0.4 is 29.1 Å². The molecule has 1 aromatic heterocycles. The lowest BCUT2D eigenvalue weighted by Gasteiger charge is -2.30. The zero-order valence-electron chi connectivity index (χ0n) is 27.5. The van der Waals surface area contributed by atoms with Crippen molar-refractivity contribution in [3.8, 4) is 17.2 Å². The van der Waals surface area contributed by atoms with Crippen molar-refractivity contribution in [2.24, 2.45) is 4.99 Å². The average molecular weight is 727 g/mol. The van der Waals surface area contributed by atoms with E-state index < -0.39 is 6.04 Å². The Bertz CT molecular complexity index is 2220. The molecule has 8 nitrogen and oxygen atoms in total. The third-order valence-corrected chi connectivity index (χ3v) is 10.0. The maximum atomic E-state index is 14.5. The Kier molecular flexibility index (Phi) is 9.84. The van der Waals surface area contributed by atoms with Crippen molar-refractivity contribution in [3.63, 3.8) is 0 Å². The fourth-order valence-corrected chi connectivity index (χ4v) is 7.38. The van der Waals surface area contributed by atoms with E-state index in [1.807, 2.05) is 106 Å². The van der Waals surface area contributed by atoms with Crippen LogP contribution in [0.25, 0.3) is 16.8 Å². The van der Waals surface area contributed by atoms with Crippen molar-refractivity contribution >= 4 is 50.0 Å². The predicted molar refractivity (Wildman–Crippen MR) is 194 cm³/mol.